The van der Waals surface area contributed by atoms with E-state index in [2.05, 4.69) is 6.07 Å². The van der Waals surface area contributed by atoms with Gasteiger partial charge < -0.3 is 9.84 Å². The fourth-order valence-corrected chi connectivity index (χ4v) is 4.80. The van der Waals surface area contributed by atoms with Crippen molar-refractivity contribution in [2.75, 3.05) is 4.90 Å². The van der Waals surface area contributed by atoms with Crippen molar-refractivity contribution >= 4 is 23.1 Å². The number of nitrogens with zero attached hydrogens (tertiary/aromatic N) is 2. The predicted molar refractivity (Wildman–Crippen MR) is 149 cm³/mol. The monoisotopic (exact) mass is 514 g/mol. The van der Waals surface area contributed by atoms with Gasteiger partial charge in [0.2, 0.25) is 0 Å². The van der Waals surface area contributed by atoms with Crippen LogP contribution < -0.4 is 9.64 Å². The number of hydrogen-bond donors (Lipinski definition) is 1. The van der Waals surface area contributed by atoms with Crippen LogP contribution >= 0.6 is 0 Å². The summed E-state index contributed by atoms with van der Waals surface area (Å²) in [6.45, 7) is 4.19. The van der Waals surface area contributed by atoms with Crippen molar-refractivity contribution in [1.82, 2.24) is 0 Å². The number of carbonyl (C=O) groups excluding carboxylic acids is 2. The van der Waals surface area contributed by atoms with Crippen molar-refractivity contribution < 1.29 is 19.4 Å². The van der Waals surface area contributed by atoms with Gasteiger partial charge in [-0.25, -0.2) is 0 Å². The Kier molecular flexibility index (Phi) is 6.98. The number of ether oxygens (including phenoxy) is 1. The molecule has 0 aliphatic carbocycles. The Morgan fingerprint density at radius 3 is 2.33 bits per heavy atom. The first-order chi connectivity index (χ1) is 18.9. The van der Waals surface area contributed by atoms with Gasteiger partial charge in [-0.05, 0) is 73.0 Å². The van der Waals surface area contributed by atoms with E-state index in [1.807, 2.05) is 68.4 Å². The molecule has 39 heavy (non-hydrogen) atoms. The molecule has 1 amide bonds. The average molecular weight is 515 g/mol. The minimum atomic E-state index is -0.841. The Labute approximate surface area is 227 Å². The van der Waals surface area contributed by atoms with Crippen LogP contribution in [0.4, 0.5) is 5.69 Å². The average Bonchev–Trinajstić information content (AvgIpc) is 3.22. The zero-order chi connectivity index (χ0) is 27.5. The highest BCUT2D eigenvalue weighted by molar-refractivity contribution is 6.51. The fraction of sp³-hybridized carbons (Fsp3) is 0.121. The lowest BCUT2D eigenvalue weighted by molar-refractivity contribution is -0.132. The molecule has 1 N–H and O–H groups in total. The number of aliphatic hydroxyl groups excluding tert-OH is 1. The molecule has 4 aromatic carbocycles. The van der Waals surface area contributed by atoms with Crippen LogP contribution in [0, 0.1) is 25.2 Å². The number of anilines is 1. The van der Waals surface area contributed by atoms with Crippen LogP contribution in [0.15, 0.2) is 103 Å². The standard InChI is InChI=1S/C33H26N2O4/c1-21-7-6-10-25(17-21)30-29(32(37)33(38)35(30)27-14-11-23(19-34)12-15-27)31(36)26-13-16-28(22(2)18-26)39-20-24-8-4-3-5-9-24/h3-18,30,36H,20H2,1-2H3/b31-29-. The van der Waals surface area contributed by atoms with Gasteiger partial charge in [-0.2, -0.15) is 5.26 Å². The van der Waals surface area contributed by atoms with Gasteiger partial charge in [-0.3, -0.25) is 14.5 Å². The predicted octanol–water partition coefficient (Wildman–Crippen LogP) is 6.38. The number of nitriles is 1. The molecule has 1 saturated heterocycles. The Morgan fingerprint density at radius 1 is 0.923 bits per heavy atom. The summed E-state index contributed by atoms with van der Waals surface area (Å²) >= 11 is 0. The minimum Gasteiger partial charge on any atom is -0.507 e. The Morgan fingerprint density at radius 2 is 1.67 bits per heavy atom. The van der Waals surface area contributed by atoms with Gasteiger partial charge in [0.25, 0.3) is 11.7 Å². The highest BCUT2D eigenvalue weighted by Gasteiger charge is 2.47. The number of carbonyl (C=O) groups is 2. The molecule has 1 aliphatic rings. The number of ketones is 1. The molecule has 1 aliphatic heterocycles. The molecular weight excluding hydrogens is 488 g/mol. The molecule has 6 heteroatoms. The molecule has 0 bridgehead atoms. The topological polar surface area (TPSA) is 90.6 Å². The number of aryl methyl sites for hydroxylation is 2. The number of rotatable bonds is 6. The molecule has 1 unspecified atom stereocenters. The molecule has 1 heterocycles. The fourth-order valence-electron chi connectivity index (χ4n) is 4.80. The normalized spacial score (nSPS) is 16.2. The molecule has 192 valence electrons. The number of amides is 1. The lowest BCUT2D eigenvalue weighted by Gasteiger charge is -2.25. The quantitative estimate of drug-likeness (QED) is 0.183. The van der Waals surface area contributed by atoms with E-state index < -0.39 is 17.7 Å². The molecule has 0 spiro atoms. The maximum Gasteiger partial charge on any atom is 0.300 e. The SMILES string of the molecule is Cc1cccc(C2/C(=C(/O)c3ccc(OCc4ccccc4)c(C)c3)C(=O)C(=O)N2c2ccc(C#N)cc2)c1. The third-order valence-corrected chi connectivity index (χ3v) is 6.76. The van der Waals surface area contributed by atoms with Crippen LogP contribution in [0.2, 0.25) is 0 Å². The van der Waals surface area contributed by atoms with E-state index in [-0.39, 0.29) is 11.3 Å². The van der Waals surface area contributed by atoms with Crippen LogP contribution in [0.5, 0.6) is 5.75 Å². The van der Waals surface area contributed by atoms with Crippen molar-refractivity contribution in [3.8, 4) is 11.8 Å². The smallest absolute Gasteiger partial charge is 0.300 e. The van der Waals surface area contributed by atoms with Crippen LogP contribution in [-0.2, 0) is 16.2 Å². The zero-order valence-electron chi connectivity index (χ0n) is 21.6. The van der Waals surface area contributed by atoms with Crippen molar-refractivity contribution in [3.63, 3.8) is 0 Å². The zero-order valence-corrected chi connectivity index (χ0v) is 21.6. The highest BCUT2D eigenvalue weighted by atomic mass is 16.5. The van der Waals surface area contributed by atoms with E-state index in [1.54, 1.807) is 42.5 Å². The van der Waals surface area contributed by atoms with Gasteiger partial charge in [0.1, 0.15) is 18.1 Å². The highest BCUT2D eigenvalue weighted by Crippen LogP contribution is 2.42. The second-order valence-corrected chi connectivity index (χ2v) is 9.50. The Hall–Kier alpha value is -5.15. The summed E-state index contributed by atoms with van der Waals surface area (Å²) in [5, 5.41) is 20.7. The van der Waals surface area contributed by atoms with E-state index in [1.165, 1.54) is 4.90 Å². The largest absolute Gasteiger partial charge is 0.507 e. The van der Waals surface area contributed by atoms with Crippen molar-refractivity contribution in [1.29, 1.82) is 5.26 Å². The number of hydrogen-bond acceptors (Lipinski definition) is 5. The van der Waals surface area contributed by atoms with Gasteiger partial charge in [-0.1, -0.05) is 60.2 Å². The summed E-state index contributed by atoms with van der Waals surface area (Å²) in [6.07, 6.45) is 0. The molecule has 1 fully saturated rings. The van der Waals surface area contributed by atoms with E-state index in [9.17, 15) is 20.0 Å². The summed E-state index contributed by atoms with van der Waals surface area (Å²) in [7, 11) is 0. The Bertz CT molecular complexity index is 1630. The van der Waals surface area contributed by atoms with Crippen molar-refractivity contribution in [2.45, 2.75) is 26.5 Å². The van der Waals surface area contributed by atoms with E-state index in [4.69, 9.17) is 4.74 Å². The van der Waals surface area contributed by atoms with E-state index in [0.29, 0.717) is 34.7 Å². The molecular formula is C33H26N2O4. The minimum absolute atomic E-state index is 0.00677. The molecule has 5 rings (SSSR count). The van der Waals surface area contributed by atoms with Gasteiger partial charge in [0, 0.05) is 11.3 Å². The first-order valence-electron chi connectivity index (χ1n) is 12.5. The van der Waals surface area contributed by atoms with Crippen molar-refractivity contribution in [3.05, 3.63) is 136 Å². The van der Waals surface area contributed by atoms with Gasteiger partial charge in [-0.15, -0.1) is 0 Å². The number of Topliss-reactive ketones (excluding diaryl/α,β-unsaturated/α-hetero) is 1. The first-order valence-corrected chi connectivity index (χ1v) is 12.5. The Balaban J connectivity index is 1.56. The molecule has 6 nitrogen and oxygen atoms in total. The van der Waals surface area contributed by atoms with Gasteiger partial charge in [0.15, 0.2) is 0 Å². The lowest BCUT2D eigenvalue weighted by Crippen LogP contribution is -2.29. The maximum absolute atomic E-state index is 13.4. The molecule has 0 radical (unpaired) electrons. The lowest BCUT2D eigenvalue weighted by atomic mass is 9.93. The molecule has 4 aromatic rings. The maximum atomic E-state index is 13.4. The van der Waals surface area contributed by atoms with Crippen LogP contribution in [-0.4, -0.2) is 16.8 Å². The third-order valence-electron chi connectivity index (χ3n) is 6.76. The summed E-state index contributed by atoms with van der Waals surface area (Å²) in [5.74, 6) is -1.12. The van der Waals surface area contributed by atoms with Crippen LogP contribution in [0.25, 0.3) is 5.76 Å². The van der Waals surface area contributed by atoms with Crippen molar-refractivity contribution in [2.24, 2.45) is 0 Å². The van der Waals surface area contributed by atoms with Gasteiger partial charge in [0.05, 0.1) is 23.2 Å². The van der Waals surface area contributed by atoms with E-state index >= 15 is 0 Å². The third kappa shape index (κ3) is 5.03. The summed E-state index contributed by atoms with van der Waals surface area (Å²) in [6, 6.07) is 30.2. The molecule has 0 aromatic heterocycles. The van der Waals surface area contributed by atoms with Crippen LogP contribution in [0.1, 0.15) is 39.4 Å². The summed E-state index contributed by atoms with van der Waals surface area (Å²) < 4.78 is 5.97. The van der Waals surface area contributed by atoms with E-state index in [0.717, 1.165) is 16.7 Å². The van der Waals surface area contributed by atoms with Gasteiger partial charge >= 0.3 is 0 Å². The second-order valence-electron chi connectivity index (χ2n) is 9.50. The second kappa shape index (κ2) is 10.7. The molecule has 0 saturated carbocycles. The number of aliphatic hydroxyl groups is 1. The summed E-state index contributed by atoms with van der Waals surface area (Å²) in [5.41, 5.74) is 4.78. The summed E-state index contributed by atoms with van der Waals surface area (Å²) in [4.78, 5) is 28.2. The number of benzene rings is 4. The molecule has 1 atom stereocenters. The first kappa shape index (κ1) is 25.5. The van der Waals surface area contributed by atoms with Crippen LogP contribution in [0.3, 0.4) is 0 Å².